The number of hydrogen-bond acceptors (Lipinski definition) is 4. The van der Waals surface area contributed by atoms with Gasteiger partial charge in [0.15, 0.2) is 0 Å². The second-order valence-electron chi connectivity index (χ2n) is 8.60. The van der Waals surface area contributed by atoms with E-state index in [9.17, 15) is 9.59 Å². The lowest BCUT2D eigenvalue weighted by molar-refractivity contribution is -0.123. The highest BCUT2D eigenvalue weighted by Crippen LogP contribution is 2.45. The first kappa shape index (κ1) is 24.2. The monoisotopic (exact) mass is 522 g/mol. The van der Waals surface area contributed by atoms with Crippen LogP contribution in [-0.2, 0) is 4.79 Å². The Morgan fingerprint density at radius 1 is 1.00 bits per heavy atom. The van der Waals surface area contributed by atoms with Crippen LogP contribution in [0, 0.1) is 0 Å². The first-order valence-electron chi connectivity index (χ1n) is 11.5. The van der Waals surface area contributed by atoms with Gasteiger partial charge in [0.05, 0.1) is 13.2 Å². The number of halogens is 2. The van der Waals surface area contributed by atoms with Crippen molar-refractivity contribution in [3.05, 3.63) is 99.5 Å². The maximum atomic E-state index is 14.1. The highest BCUT2D eigenvalue weighted by atomic mass is 35.5. The molecule has 5 rings (SSSR count). The molecule has 0 aliphatic carbocycles. The molecule has 3 amide bonds. The first-order valence-corrected chi connectivity index (χ1v) is 12.3. The number of ether oxygens (including phenoxy) is 1. The minimum atomic E-state index is -0.497. The van der Waals surface area contributed by atoms with Crippen molar-refractivity contribution >= 4 is 41.0 Å². The minimum absolute atomic E-state index is 0.0192. The van der Waals surface area contributed by atoms with E-state index in [1.165, 1.54) is 0 Å². The van der Waals surface area contributed by atoms with Crippen LogP contribution in [0.25, 0.3) is 0 Å². The molecule has 2 atom stereocenters. The molecule has 3 aromatic carbocycles. The Morgan fingerprint density at radius 3 is 2.50 bits per heavy atom. The zero-order chi connectivity index (χ0) is 25.2. The van der Waals surface area contributed by atoms with Gasteiger partial charge in [0, 0.05) is 28.7 Å². The molecule has 0 aromatic heterocycles. The SMILES string of the molecule is COc1cccc(C2=NC(c3ccc(Cl)cc3)C(c3cccc(Cl)c3)N2C(=O)N2CCNC(=O)C2)c1. The normalized spacial score (nSPS) is 19.6. The Morgan fingerprint density at radius 2 is 1.78 bits per heavy atom. The highest BCUT2D eigenvalue weighted by molar-refractivity contribution is 6.30. The molecule has 1 N–H and O–H groups in total. The third kappa shape index (κ3) is 4.76. The topological polar surface area (TPSA) is 74.2 Å². The molecule has 2 aliphatic rings. The molecule has 1 saturated heterocycles. The molecule has 0 spiro atoms. The maximum absolute atomic E-state index is 14.1. The summed E-state index contributed by atoms with van der Waals surface area (Å²) in [4.78, 5) is 34.6. The lowest BCUT2D eigenvalue weighted by Gasteiger charge is -2.35. The van der Waals surface area contributed by atoms with E-state index >= 15 is 0 Å². The van der Waals surface area contributed by atoms with E-state index in [-0.39, 0.29) is 18.5 Å². The fraction of sp³-hybridized carbons (Fsp3) is 0.222. The predicted molar refractivity (Wildman–Crippen MR) is 140 cm³/mol. The molecule has 0 saturated carbocycles. The molecule has 2 aliphatic heterocycles. The van der Waals surface area contributed by atoms with Crippen molar-refractivity contribution in [3.63, 3.8) is 0 Å². The summed E-state index contributed by atoms with van der Waals surface area (Å²) in [5.41, 5.74) is 2.46. The molecule has 184 valence electrons. The Bertz CT molecular complexity index is 1330. The van der Waals surface area contributed by atoms with Crippen LogP contribution in [0.2, 0.25) is 10.0 Å². The first-order chi connectivity index (χ1) is 17.4. The van der Waals surface area contributed by atoms with Crippen molar-refractivity contribution < 1.29 is 14.3 Å². The summed E-state index contributed by atoms with van der Waals surface area (Å²) in [7, 11) is 1.59. The van der Waals surface area contributed by atoms with E-state index in [2.05, 4.69) is 5.32 Å². The van der Waals surface area contributed by atoms with Gasteiger partial charge in [-0.25, -0.2) is 4.79 Å². The number of nitrogens with zero attached hydrogens (tertiary/aromatic N) is 3. The van der Waals surface area contributed by atoms with Crippen molar-refractivity contribution in [2.24, 2.45) is 4.99 Å². The zero-order valence-corrected chi connectivity index (χ0v) is 21.0. The van der Waals surface area contributed by atoms with Gasteiger partial charge in [0.2, 0.25) is 5.91 Å². The number of amides is 3. The molecule has 36 heavy (non-hydrogen) atoms. The lowest BCUT2D eigenvalue weighted by Crippen LogP contribution is -2.55. The third-order valence-electron chi connectivity index (χ3n) is 6.31. The summed E-state index contributed by atoms with van der Waals surface area (Å²) in [6.07, 6.45) is 0. The quantitative estimate of drug-likeness (QED) is 0.517. The number of hydrogen-bond donors (Lipinski definition) is 1. The van der Waals surface area contributed by atoms with Crippen LogP contribution in [0.4, 0.5) is 4.79 Å². The standard InChI is InChI=1S/C27H24Cl2N4O3/c1-36-22-7-3-5-19(15-22)26-31-24(17-8-10-20(28)11-9-17)25(18-4-2-6-21(29)14-18)33(26)27(35)32-13-12-30-23(34)16-32/h2-11,14-15,24-25H,12-13,16H2,1H3,(H,30,34). The van der Waals surface area contributed by atoms with Crippen LogP contribution < -0.4 is 10.1 Å². The van der Waals surface area contributed by atoms with Gasteiger partial charge in [0.25, 0.3) is 0 Å². The third-order valence-corrected chi connectivity index (χ3v) is 6.80. The lowest BCUT2D eigenvalue weighted by atomic mass is 9.93. The number of nitrogens with one attached hydrogen (secondary N) is 1. The molecule has 3 aromatic rings. The van der Waals surface area contributed by atoms with Crippen LogP contribution in [0.5, 0.6) is 5.75 Å². The van der Waals surface area contributed by atoms with Gasteiger partial charge in [-0.3, -0.25) is 14.7 Å². The van der Waals surface area contributed by atoms with Crippen LogP contribution in [0.15, 0.2) is 77.8 Å². The van der Waals surface area contributed by atoms with Crippen molar-refractivity contribution in [3.8, 4) is 5.75 Å². The number of methoxy groups -OCH3 is 1. The summed E-state index contributed by atoms with van der Waals surface area (Å²) in [5, 5.41) is 3.95. The van der Waals surface area contributed by atoms with Crippen LogP contribution in [-0.4, -0.2) is 54.3 Å². The van der Waals surface area contributed by atoms with Crippen LogP contribution >= 0.6 is 23.2 Å². The van der Waals surface area contributed by atoms with Gasteiger partial charge < -0.3 is 15.0 Å². The van der Waals surface area contributed by atoms with Crippen LogP contribution in [0.1, 0.15) is 28.8 Å². The Hall–Kier alpha value is -3.55. The number of aliphatic imine (C=N–C) groups is 1. The number of urea groups is 1. The van der Waals surface area contributed by atoms with Gasteiger partial charge in [-0.2, -0.15) is 0 Å². The van der Waals surface area contributed by atoms with E-state index in [1.54, 1.807) is 23.0 Å². The number of carbonyl (C=O) groups is 2. The van der Waals surface area contributed by atoms with Gasteiger partial charge in [-0.05, 0) is 47.5 Å². The molecule has 2 unspecified atom stereocenters. The van der Waals surface area contributed by atoms with Crippen LogP contribution in [0.3, 0.4) is 0 Å². The Labute approximate surface area is 219 Å². The fourth-order valence-corrected chi connectivity index (χ4v) is 4.94. The van der Waals surface area contributed by atoms with Gasteiger partial charge >= 0.3 is 6.03 Å². The molecular weight excluding hydrogens is 499 g/mol. The Kier molecular flexibility index (Phi) is 6.85. The van der Waals surface area contributed by atoms with E-state index in [1.807, 2.05) is 66.7 Å². The summed E-state index contributed by atoms with van der Waals surface area (Å²) in [5.74, 6) is 0.950. The van der Waals surface area contributed by atoms with E-state index < -0.39 is 12.1 Å². The predicted octanol–water partition coefficient (Wildman–Crippen LogP) is 5.10. The molecule has 0 bridgehead atoms. The number of benzene rings is 3. The maximum Gasteiger partial charge on any atom is 0.326 e. The van der Waals surface area contributed by atoms with Gasteiger partial charge in [-0.1, -0.05) is 59.6 Å². The smallest absolute Gasteiger partial charge is 0.326 e. The second-order valence-corrected chi connectivity index (χ2v) is 9.48. The number of rotatable bonds is 4. The summed E-state index contributed by atoms with van der Waals surface area (Å²) >= 11 is 12.6. The number of piperazine rings is 1. The average Bonchev–Trinajstić information content (AvgIpc) is 3.29. The average molecular weight is 523 g/mol. The van der Waals surface area contributed by atoms with E-state index in [0.29, 0.717) is 34.7 Å². The largest absolute Gasteiger partial charge is 0.497 e. The van der Waals surface area contributed by atoms with Crippen molar-refractivity contribution in [2.45, 2.75) is 12.1 Å². The molecule has 0 radical (unpaired) electrons. The molecule has 2 heterocycles. The molecule has 7 nitrogen and oxygen atoms in total. The van der Waals surface area contributed by atoms with Crippen molar-refractivity contribution in [2.75, 3.05) is 26.7 Å². The highest BCUT2D eigenvalue weighted by Gasteiger charge is 2.44. The van der Waals surface area contributed by atoms with E-state index in [4.69, 9.17) is 32.9 Å². The zero-order valence-electron chi connectivity index (χ0n) is 19.5. The summed E-state index contributed by atoms with van der Waals surface area (Å²) in [6.45, 7) is 0.779. The van der Waals surface area contributed by atoms with E-state index in [0.717, 1.165) is 16.7 Å². The Balaban J connectivity index is 1.68. The molecular formula is C27H24Cl2N4O3. The van der Waals surface area contributed by atoms with Crippen molar-refractivity contribution in [1.29, 1.82) is 0 Å². The summed E-state index contributed by atoms with van der Waals surface area (Å²) < 4.78 is 5.44. The number of carbonyl (C=O) groups excluding carboxylic acids is 2. The van der Waals surface area contributed by atoms with Crippen molar-refractivity contribution in [1.82, 2.24) is 15.1 Å². The number of amidine groups is 1. The molecule has 9 heteroatoms. The minimum Gasteiger partial charge on any atom is -0.497 e. The fourth-order valence-electron chi connectivity index (χ4n) is 4.62. The second kappa shape index (κ2) is 10.2. The van der Waals surface area contributed by atoms with Gasteiger partial charge in [0.1, 0.15) is 24.2 Å². The van der Waals surface area contributed by atoms with Gasteiger partial charge in [-0.15, -0.1) is 0 Å². The summed E-state index contributed by atoms with van der Waals surface area (Å²) in [6, 6.07) is 21.1. The molecule has 1 fully saturated rings.